The van der Waals surface area contributed by atoms with Crippen LogP contribution in [0.25, 0.3) is 0 Å². The van der Waals surface area contributed by atoms with E-state index >= 15 is 0 Å². The molecule has 2 fully saturated rings. The van der Waals surface area contributed by atoms with Crippen molar-refractivity contribution in [3.63, 3.8) is 0 Å². The van der Waals surface area contributed by atoms with Crippen LogP contribution < -0.4 is 10.4 Å². The van der Waals surface area contributed by atoms with Gasteiger partial charge in [0, 0.05) is 6.54 Å². The third-order valence-corrected chi connectivity index (χ3v) is 5.95. The number of hydrogen-bond donors (Lipinski definition) is 1. The number of piperidine rings is 1. The molecular formula is C21H27N3O. The molecule has 2 saturated heterocycles. The summed E-state index contributed by atoms with van der Waals surface area (Å²) in [5.74, 6) is 0. The molecule has 2 N–H and O–H groups in total. The highest BCUT2D eigenvalue weighted by Gasteiger charge is 2.57. The predicted octanol–water partition coefficient (Wildman–Crippen LogP) is 3.35. The minimum absolute atomic E-state index is 0.115. The van der Waals surface area contributed by atoms with E-state index in [1.807, 2.05) is 24.3 Å². The molecule has 0 radical (unpaired) electrons. The van der Waals surface area contributed by atoms with E-state index in [2.05, 4.69) is 35.2 Å². The molecule has 0 unspecified atom stereocenters. The van der Waals surface area contributed by atoms with Gasteiger partial charge in [0.2, 0.25) is 0 Å². The molecule has 0 bridgehead atoms. The predicted molar refractivity (Wildman–Crippen MR) is 103 cm³/mol. The lowest BCUT2D eigenvalue weighted by Gasteiger charge is -2.63. The molecule has 2 aliphatic heterocycles. The van der Waals surface area contributed by atoms with E-state index in [0.29, 0.717) is 19.6 Å². The van der Waals surface area contributed by atoms with Gasteiger partial charge in [-0.3, -0.25) is 4.90 Å². The molecule has 4 nitrogen and oxygen atoms in total. The monoisotopic (exact) mass is 337 g/mol. The molecule has 4 heteroatoms. The number of quaternary nitrogens is 1. The average Bonchev–Trinajstić information content (AvgIpc) is 2.67. The molecule has 0 aliphatic carbocycles. The lowest BCUT2D eigenvalue weighted by Crippen LogP contribution is -2.76. The Morgan fingerprint density at radius 2 is 1.56 bits per heavy atom. The zero-order chi connectivity index (χ0) is 17.3. The maximum atomic E-state index is 13.5. The molecule has 2 aromatic rings. The first-order valence-electron chi connectivity index (χ1n) is 9.35. The molecule has 0 atom stereocenters. The van der Waals surface area contributed by atoms with Crippen molar-refractivity contribution in [1.82, 2.24) is 9.55 Å². The van der Waals surface area contributed by atoms with Gasteiger partial charge in [-0.15, -0.1) is 0 Å². The first-order valence-corrected chi connectivity index (χ1v) is 9.35. The Kier molecular flexibility index (Phi) is 4.38. The Morgan fingerprint density at radius 3 is 2.16 bits per heavy atom. The van der Waals surface area contributed by atoms with E-state index in [9.17, 15) is 5.21 Å². The van der Waals surface area contributed by atoms with Crippen LogP contribution in [-0.2, 0) is 12.1 Å². The van der Waals surface area contributed by atoms with Gasteiger partial charge in [-0.2, -0.15) is 0 Å². The summed E-state index contributed by atoms with van der Waals surface area (Å²) in [6.07, 6.45) is 3.77. The van der Waals surface area contributed by atoms with Crippen molar-refractivity contribution in [2.45, 2.75) is 31.3 Å². The maximum absolute atomic E-state index is 13.5. The summed E-state index contributed by atoms with van der Waals surface area (Å²) in [6, 6.07) is 18.5. The van der Waals surface area contributed by atoms with Crippen molar-refractivity contribution < 1.29 is 0 Å². The molecule has 2 aromatic carbocycles. The largest absolute Gasteiger partial charge is 0.627 e. The van der Waals surface area contributed by atoms with Crippen molar-refractivity contribution in [2.24, 2.45) is 5.73 Å². The molecule has 0 saturated carbocycles. The van der Waals surface area contributed by atoms with E-state index in [0.717, 1.165) is 24.3 Å². The molecule has 2 aliphatic rings. The minimum atomic E-state index is -0.240. The van der Waals surface area contributed by atoms with Crippen LogP contribution in [0.1, 0.15) is 30.4 Å². The summed E-state index contributed by atoms with van der Waals surface area (Å²) in [6.45, 7) is 3.90. The Morgan fingerprint density at radius 1 is 0.920 bits per heavy atom. The molecular weight excluding hydrogens is 310 g/mol. The Balaban J connectivity index is 1.63. The first-order chi connectivity index (χ1) is 12.2. The highest BCUT2D eigenvalue weighted by atomic mass is 16.6. The van der Waals surface area contributed by atoms with Crippen molar-refractivity contribution in [1.29, 1.82) is 0 Å². The zero-order valence-corrected chi connectivity index (χ0v) is 14.7. The van der Waals surface area contributed by atoms with Crippen LogP contribution in [0.5, 0.6) is 0 Å². The summed E-state index contributed by atoms with van der Waals surface area (Å²) in [4.78, 5) is 2.56. The quantitative estimate of drug-likeness (QED) is 0.688. The summed E-state index contributed by atoms with van der Waals surface area (Å²) >= 11 is 0. The van der Waals surface area contributed by atoms with Crippen LogP contribution in [0.2, 0.25) is 0 Å². The van der Waals surface area contributed by atoms with E-state index in [-0.39, 0.29) is 10.2 Å². The van der Waals surface area contributed by atoms with Gasteiger partial charge in [-0.1, -0.05) is 48.9 Å². The molecule has 0 spiro atoms. The Bertz CT molecular complexity index is 702. The van der Waals surface area contributed by atoms with Crippen LogP contribution in [-0.4, -0.2) is 31.1 Å². The SMILES string of the molecule is NCc1ccc([N+]2([O-])CC(c3ccccc3)(N3CCCCC3)C2)cc1. The van der Waals surface area contributed by atoms with Crippen LogP contribution in [0.15, 0.2) is 54.6 Å². The zero-order valence-electron chi connectivity index (χ0n) is 14.7. The fourth-order valence-corrected chi connectivity index (χ4v) is 4.52. The lowest BCUT2D eigenvalue weighted by atomic mass is 9.78. The third-order valence-electron chi connectivity index (χ3n) is 5.95. The van der Waals surface area contributed by atoms with Crippen molar-refractivity contribution in [2.75, 3.05) is 26.2 Å². The van der Waals surface area contributed by atoms with Gasteiger partial charge in [-0.05, 0) is 49.2 Å². The second-order valence-corrected chi connectivity index (χ2v) is 7.52. The number of nitrogens with two attached hydrogens (primary N) is 1. The first kappa shape index (κ1) is 16.7. The average molecular weight is 337 g/mol. The topological polar surface area (TPSA) is 52.3 Å². The van der Waals surface area contributed by atoms with Crippen LogP contribution in [0.3, 0.4) is 0 Å². The van der Waals surface area contributed by atoms with Gasteiger partial charge in [0.1, 0.15) is 24.3 Å². The van der Waals surface area contributed by atoms with Crippen LogP contribution in [0.4, 0.5) is 5.69 Å². The van der Waals surface area contributed by atoms with Gasteiger partial charge in [0.05, 0.1) is 0 Å². The molecule has 0 amide bonds. The second kappa shape index (κ2) is 6.54. The number of rotatable bonds is 4. The fraction of sp³-hybridized carbons (Fsp3) is 0.429. The maximum Gasteiger partial charge on any atom is 0.147 e. The Labute approximate surface area is 150 Å². The van der Waals surface area contributed by atoms with E-state index in [1.165, 1.54) is 24.8 Å². The number of hydrogen-bond acceptors (Lipinski definition) is 3. The van der Waals surface area contributed by atoms with E-state index < -0.39 is 0 Å². The number of likely N-dealkylation sites (tertiary alicyclic amines) is 1. The van der Waals surface area contributed by atoms with Crippen molar-refractivity contribution in [3.8, 4) is 0 Å². The lowest BCUT2D eigenvalue weighted by molar-refractivity contribution is -0.0419. The molecule has 25 heavy (non-hydrogen) atoms. The van der Waals surface area contributed by atoms with Crippen molar-refractivity contribution in [3.05, 3.63) is 70.9 Å². The smallest absolute Gasteiger partial charge is 0.147 e. The van der Waals surface area contributed by atoms with E-state index in [4.69, 9.17) is 5.73 Å². The van der Waals surface area contributed by atoms with Crippen LogP contribution in [0, 0.1) is 5.21 Å². The summed E-state index contributed by atoms with van der Waals surface area (Å²) in [5.41, 5.74) is 8.78. The van der Waals surface area contributed by atoms with Crippen LogP contribution >= 0.6 is 0 Å². The highest BCUT2D eigenvalue weighted by molar-refractivity contribution is 5.51. The number of nitrogens with zero attached hydrogens (tertiary/aromatic N) is 2. The standard InChI is InChI=1S/C21H27N3O/c22-15-18-9-11-20(12-10-18)24(25)16-21(17-24,19-7-3-1-4-8-19)23-13-5-2-6-14-23/h1,3-4,7-12H,2,5-6,13-17,22H2. The second-order valence-electron chi connectivity index (χ2n) is 7.52. The van der Waals surface area contributed by atoms with Gasteiger partial charge in [0.15, 0.2) is 0 Å². The van der Waals surface area contributed by atoms with Gasteiger partial charge < -0.3 is 15.6 Å². The normalized spacial score (nSPS) is 30.0. The van der Waals surface area contributed by atoms with Gasteiger partial charge >= 0.3 is 0 Å². The molecule has 2 heterocycles. The Hall–Kier alpha value is -1.72. The molecule has 132 valence electrons. The summed E-state index contributed by atoms with van der Waals surface area (Å²) in [5, 5.41) is 13.5. The van der Waals surface area contributed by atoms with Crippen molar-refractivity contribution >= 4 is 5.69 Å². The highest BCUT2D eigenvalue weighted by Crippen LogP contribution is 2.46. The number of benzene rings is 2. The number of hydroxylamine groups is 2. The molecule has 0 aromatic heterocycles. The summed E-state index contributed by atoms with van der Waals surface area (Å²) in [7, 11) is 0. The third kappa shape index (κ3) is 2.89. The minimum Gasteiger partial charge on any atom is -0.627 e. The molecule has 4 rings (SSSR count). The summed E-state index contributed by atoms with van der Waals surface area (Å²) < 4.78 is -0.240. The van der Waals surface area contributed by atoms with E-state index in [1.54, 1.807) is 0 Å². The fourth-order valence-electron chi connectivity index (χ4n) is 4.52. The van der Waals surface area contributed by atoms with Gasteiger partial charge in [0.25, 0.3) is 0 Å². The van der Waals surface area contributed by atoms with Gasteiger partial charge in [-0.25, -0.2) is 0 Å².